The van der Waals surface area contributed by atoms with Crippen LogP contribution in [0.3, 0.4) is 0 Å². The first-order valence-corrected chi connectivity index (χ1v) is 5.83. The average Bonchev–Trinajstić information content (AvgIpc) is 1.99. The molecule has 0 amide bonds. The van der Waals surface area contributed by atoms with Gasteiger partial charge >= 0.3 is 43.3 Å². The Hall–Kier alpha value is 0.360. The van der Waals surface area contributed by atoms with Crippen LogP contribution in [0.25, 0.3) is 0 Å². The molecule has 0 rings (SSSR count). The molecule has 0 saturated carbocycles. The summed E-state index contributed by atoms with van der Waals surface area (Å²) in [4.78, 5) is 40.0. The first-order chi connectivity index (χ1) is 7.27. The van der Waals surface area contributed by atoms with E-state index in [0.717, 1.165) is 0 Å². The Balaban J connectivity index is -0.0000000931. The third-order valence-corrected chi connectivity index (χ3v) is 1.31. The predicted molar refractivity (Wildman–Crippen MR) is 59.0 cm³/mol. The number of thiol groups is 1. The van der Waals surface area contributed by atoms with Crippen LogP contribution < -0.4 is 40.4 Å². The molecule has 0 saturated heterocycles. The van der Waals surface area contributed by atoms with E-state index >= 15 is 0 Å². The quantitative estimate of drug-likeness (QED) is 0.125. The van der Waals surface area contributed by atoms with E-state index in [2.05, 4.69) is 12.6 Å². The van der Waals surface area contributed by atoms with Crippen LogP contribution >= 0.6 is 20.5 Å². The Morgan fingerprint density at radius 2 is 1.61 bits per heavy atom. The van der Waals surface area contributed by atoms with Gasteiger partial charge in [-0.25, -0.2) is 4.57 Å². The summed E-state index contributed by atoms with van der Waals surface area (Å²) in [5.74, 6) is -1.02. The fourth-order valence-corrected chi connectivity index (χ4v) is 0.413. The topological polar surface area (TPSA) is 181 Å². The number of carbonyl (C=O) groups is 2. The fraction of sp³-hybridized carbons (Fsp3) is 0.667. The van der Waals surface area contributed by atoms with Gasteiger partial charge in [0, 0.05) is 11.2 Å². The molecule has 0 aliphatic carbocycles. The van der Waals surface area contributed by atoms with Gasteiger partial charge in [0.25, 0.3) is 0 Å². The van der Waals surface area contributed by atoms with Gasteiger partial charge in [0.15, 0.2) is 0 Å². The van der Waals surface area contributed by atoms with Crippen LogP contribution in [0.5, 0.6) is 0 Å². The Labute approximate surface area is 131 Å². The standard InChI is InChI=1S/C5H11NO2S.CH2O2.Na.H3O4P/c1-5(2,9)3(6)4(7)8;2-1-3;;1-5(2,3)4/h3,9H,6H2,1-2H3,(H,7,8);1H,(H,2,3);;(H3,1,2,3,4)/q;;+1;/p-1. The van der Waals surface area contributed by atoms with Gasteiger partial charge in [0.1, 0.15) is 6.04 Å². The number of aliphatic carboxylic acids is 1. The minimum Gasteiger partial charge on any atom is -0.554 e. The second kappa shape index (κ2) is 12.4. The van der Waals surface area contributed by atoms with Crippen molar-refractivity contribution >= 4 is 32.9 Å². The Kier molecular flexibility index (Phi) is 18.5. The zero-order chi connectivity index (χ0) is 14.9. The molecule has 6 N–H and O–H groups in total. The van der Waals surface area contributed by atoms with E-state index in [4.69, 9.17) is 40.0 Å². The van der Waals surface area contributed by atoms with Gasteiger partial charge in [-0.2, -0.15) is 12.6 Å². The summed E-state index contributed by atoms with van der Waals surface area (Å²) in [6.45, 7) is 2.82. The third kappa shape index (κ3) is 36.0. The molecular formula is C6H15NNaO8PS. The molecule has 0 fully saturated rings. The normalized spacial score (nSPS) is 11.5. The van der Waals surface area contributed by atoms with E-state index in [9.17, 15) is 4.79 Å². The fourth-order valence-electron chi connectivity index (χ4n) is 0.302. The van der Waals surface area contributed by atoms with Crippen LogP contribution in [0.2, 0.25) is 0 Å². The van der Waals surface area contributed by atoms with Gasteiger partial charge in [-0.05, 0) is 13.8 Å². The predicted octanol–water partition coefficient (Wildman–Crippen LogP) is -5.45. The molecule has 0 aromatic heterocycles. The molecule has 0 aliphatic rings. The molecule has 0 aromatic rings. The number of carboxylic acid groups (broad SMARTS) is 2. The summed E-state index contributed by atoms with van der Waals surface area (Å²) in [7, 11) is -4.64. The van der Waals surface area contributed by atoms with E-state index < -0.39 is 31.1 Å². The van der Waals surface area contributed by atoms with E-state index in [1.54, 1.807) is 13.8 Å². The Morgan fingerprint density at radius 1 is 1.44 bits per heavy atom. The number of carbonyl (C=O) groups excluding carboxylic acids is 1. The number of hydrogen-bond donors (Lipinski definition) is 6. The van der Waals surface area contributed by atoms with Crippen molar-refractivity contribution in [2.45, 2.75) is 24.6 Å². The first-order valence-electron chi connectivity index (χ1n) is 3.82. The van der Waals surface area contributed by atoms with Gasteiger partial charge in [0.05, 0.1) is 0 Å². The Bertz CT molecular complexity index is 269. The minimum atomic E-state index is -4.64. The summed E-state index contributed by atoms with van der Waals surface area (Å²) in [5.41, 5.74) is 5.22. The van der Waals surface area contributed by atoms with Crippen molar-refractivity contribution in [3.63, 3.8) is 0 Å². The average molecular weight is 315 g/mol. The first kappa shape index (κ1) is 26.8. The molecule has 9 nitrogen and oxygen atoms in total. The zero-order valence-corrected chi connectivity index (χ0v) is 13.8. The summed E-state index contributed by atoms with van der Waals surface area (Å²) < 4.78 is 8.23. The monoisotopic (exact) mass is 315 g/mol. The zero-order valence-electron chi connectivity index (χ0n) is 10.0. The molecule has 0 heterocycles. The van der Waals surface area contributed by atoms with Gasteiger partial charge in [-0.3, -0.25) is 4.79 Å². The maximum Gasteiger partial charge on any atom is 1.00 e. The van der Waals surface area contributed by atoms with Crippen LogP contribution in [-0.4, -0.2) is 43.0 Å². The van der Waals surface area contributed by atoms with E-state index in [1.807, 2.05) is 0 Å². The smallest absolute Gasteiger partial charge is 0.554 e. The number of rotatable bonds is 2. The Morgan fingerprint density at radius 3 is 1.61 bits per heavy atom. The summed E-state index contributed by atoms with van der Waals surface area (Å²) in [5, 5.41) is 16.6. The molecular weight excluding hydrogens is 300 g/mol. The van der Waals surface area contributed by atoms with Gasteiger partial charge in [-0.15, -0.1) is 0 Å². The molecule has 0 aliphatic heterocycles. The van der Waals surface area contributed by atoms with Crippen molar-refractivity contribution in [3.8, 4) is 0 Å². The van der Waals surface area contributed by atoms with Crippen molar-refractivity contribution in [1.82, 2.24) is 0 Å². The second-order valence-corrected chi connectivity index (χ2v) is 5.26. The number of carboxylic acids is 1. The van der Waals surface area contributed by atoms with Crippen molar-refractivity contribution in [3.05, 3.63) is 0 Å². The summed E-state index contributed by atoms with van der Waals surface area (Å²) in [6, 6.07) is -0.902. The molecule has 0 aromatic carbocycles. The van der Waals surface area contributed by atoms with Gasteiger partial charge in [0.2, 0.25) is 0 Å². The van der Waals surface area contributed by atoms with Gasteiger partial charge < -0.3 is 35.4 Å². The molecule has 1 unspecified atom stereocenters. The molecule has 0 radical (unpaired) electrons. The number of phosphoric acid groups is 1. The third-order valence-electron chi connectivity index (χ3n) is 1.03. The van der Waals surface area contributed by atoms with Crippen LogP contribution in [0.15, 0.2) is 0 Å². The second-order valence-electron chi connectivity index (χ2n) is 3.08. The molecule has 0 spiro atoms. The van der Waals surface area contributed by atoms with Crippen molar-refractivity contribution in [1.29, 1.82) is 0 Å². The molecule has 12 heteroatoms. The van der Waals surface area contributed by atoms with E-state index in [0.29, 0.717) is 0 Å². The number of hydrogen-bond acceptors (Lipinski definition) is 6. The molecule has 1 atom stereocenters. The summed E-state index contributed by atoms with van der Waals surface area (Å²) in [6.07, 6.45) is 0. The summed E-state index contributed by atoms with van der Waals surface area (Å²) >= 11 is 3.98. The maximum absolute atomic E-state index is 10.2. The molecule has 0 bridgehead atoms. The molecule has 18 heavy (non-hydrogen) atoms. The van der Waals surface area contributed by atoms with Crippen molar-refractivity contribution in [2.75, 3.05) is 0 Å². The largest absolute Gasteiger partial charge is 1.00 e. The van der Waals surface area contributed by atoms with Crippen molar-refractivity contribution < 1.29 is 68.6 Å². The maximum atomic E-state index is 10.2. The van der Waals surface area contributed by atoms with Crippen LogP contribution in [0.4, 0.5) is 0 Å². The van der Waals surface area contributed by atoms with Crippen molar-refractivity contribution in [2.24, 2.45) is 5.73 Å². The van der Waals surface area contributed by atoms with E-state index in [-0.39, 0.29) is 29.6 Å². The van der Waals surface area contributed by atoms with E-state index in [1.165, 1.54) is 0 Å². The molecule has 104 valence electrons. The van der Waals surface area contributed by atoms with Crippen LogP contribution in [0, 0.1) is 0 Å². The van der Waals surface area contributed by atoms with Crippen LogP contribution in [-0.2, 0) is 14.2 Å². The van der Waals surface area contributed by atoms with Gasteiger partial charge in [-0.1, -0.05) is 0 Å². The number of nitrogens with two attached hydrogens (primary N) is 1. The van der Waals surface area contributed by atoms with Crippen LogP contribution in [0.1, 0.15) is 13.8 Å². The minimum absolute atomic E-state index is 0. The SMILES string of the molecule is CC(C)(S)C(N)C(=O)O.O=C[O-].O=P(O)(O)O.[Na+].